The van der Waals surface area contributed by atoms with Crippen molar-refractivity contribution < 1.29 is 14.3 Å². The molecule has 2 rings (SSSR count). The van der Waals surface area contributed by atoms with Crippen LogP contribution in [0.5, 0.6) is 5.75 Å². The number of esters is 1. The van der Waals surface area contributed by atoms with Gasteiger partial charge in [0, 0.05) is 0 Å². The Morgan fingerprint density at radius 1 is 0.857 bits per heavy atom. The number of hydrogen-bond acceptors (Lipinski definition) is 3. The van der Waals surface area contributed by atoms with Gasteiger partial charge in [0.15, 0.2) is 0 Å². The van der Waals surface area contributed by atoms with E-state index >= 15 is 0 Å². The first-order valence-electron chi connectivity index (χ1n) is 10.7. The molecule has 1 unspecified atom stereocenters. The lowest BCUT2D eigenvalue weighted by Crippen LogP contribution is -2.16. The Morgan fingerprint density at radius 2 is 1.54 bits per heavy atom. The molecule has 0 saturated heterocycles. The van der Waals surface area contributed by atoms with Gasteiger partial charge in [-0.15, -0.1) is 0 Å². The predicted molar refractivity (Wildman–Crippen MR) is 115 cm³/mol. The first-order chi connectivity index (χ1) is 13.7. The van der Waals surface area contributed by atoms with Crippen LogP contribution in [0.4, 0.5) is 0 Å². The number of ether oxygens (including phenoxy) is 2. The first kappa shape index (κ1) is 22.0. The monoisotopic (exact) mass is 382 g/mol. The van der Waals surface area contributed by atoms with E-state index in [2.05, 4.69) is 6.92 Å². The Balaban J connectivity index is 1.91. The smallest absolute Gasteiger partial charge is 0.313 e. The topological polar surface area (TPSA) is 35.5 Å². The van der Waals surface area contributed by atoms with E-state index in [-0.39, 0.29) is 11.9 Å². The Bertz CT molecular complexity index is 664. The van der Waals surface area contributed by atoms with E-state index in [4.69, 9.17) is 9.47 Å². The van der Waals surface area contributed by atoms with Crippen LogP contribution >= 0.6 is 0 Å². The van der Waals surface area contributed by atoms with Gasteiger partial charge < -0.3 is 9.47 Å². The van der Waals surface area contributed by atoms with E-state index in [1.807, 2.05) is 61.5 Å². The van der Waals surface area contributed by atoms with Gasteiger partial charge in [0.1, 0.15) is 12.4 Å². The highest BCUT2D eigenvalue weighted by molar-refractivity contribution is 5.78. The van der Waals surface area contributed by atoms with E-state index in [0.717, 1.165) is 29.7 Å². The Labute approximate surface area is 170 Å². The summed E-state index contributed by atoms with van der Waals surface area (Å²) in [7, 11) is 0. The second-order valence-corrected chi connectivity index (χ2v) is 7.20. The third-order valence-corrected chi connectivity index (χ3v) is 4.95. The number of benzene rings is 2. The average Bonchev–Trinajstić information content (AvgIpc) is 2.73. The Hall–Kier alpha value is -2.29. The van der Waals surface area contributed by atoms with Gasteiger partial charge in [0.05, 0.1) is 12.5 Å². The van der Waals surface area contributed by atoms with Crippen LogP contribution in [0.1, 0.15) is 75.8 Å². The van der Waals surface area contributed by atoms with Crippen LogP contribution in [0.2, 0.25) is 0 Å². The molecule has 0 aromatic heterocycles. The van der Waals surface area contributed by atoms with E-state index in [0.29, 0.717) is 13.2 Å². The normalized spacial score (nSPS) is 11.8. The van der Waals surface area contributed by atoms with Crippen molar-refractivity contribution in [3.05, 3.63) is 65.7 Å². The van der Waals surface area contributed by atoms with E-state index in [1.165, 1.54) is 32.1 Å². The zero-order chi connectivity index (χ0) is 20.0. The second-order valence-electron chi connectivity index (χ2n) is 7.20. The Morgan fingerprint density at radius 3 is 2.21 bits per heavy atom. The molecule has 1 atom stereocenters. The lowest BCUT2D eigenvalue weighted by Gasteiger charge is -2.16. The van der Waals surface area contributed by atoms with Gasteiger partial charge in [-0.05, 0) is 36.6 Å². The molecule has 3 heteroatoms. The van der Waals surface area contributed by atoms with Crippen molar-refractivity contribution in [2.45, 2.75) is 71.3 Å². The number of hydrogen-bond donors (Lipinski definition) is 0. The van der Waals surface area contributed by atoms with Gasteiger partial charge in [0.25, 0.3) is 0 Å². The molecule has 0 aliphatic rings. The molecule has 152 valence electrons. The van der Waals surface area contributed by atoms with Crippen molar-refractivity contribution in [3.8, 4) is 5.75 Å². The zero-order valence-electron chi connectivity index (χ0n) is 17.4. The zero-order valence-corrected chi connectivity index (χ0v) is 17.4. The number of unbranched alkanes of at least 4 members (excludes halogenated alkanes) is 5. The molecule has 0 aliphatic carbocycles. The van der Waals surface area contributed by atoms with E-state index in [1.54, 1.807) is 0 Å². The van der Waals surface area contributed by atoms with Crippen LogP contribution in [-0.4, -0.2) is 12.6 Å². The van der Waals surface area contributed by atoms with Gasteiger partial charge in [-0.1, -0.05) is 87.9 Å². The van der Waals surface area contributed by atoms with Gasteiger partial charge in [0.2, 0.25) is 0 Å². The van der Waals surface area contributed by atoms with Gasteiger partial charge in [-0.3, -0.25) is 4.79 Å². The molecule has 0 radical (unpaired) electrons. The minimum atomic E-state index is -0.186. The number of carbonyl (C=O) groups is 1. The fraction of sp³-hybridized carbons (Fsp3) is 0.480. The summed E-state index contributed by atoms with van der Waals surface area (Å²) < 4.78 is 11.2. The van der Waals surface area contributed by atoms with Crippen molar-refractivity contribution in [3.63, 3.8) is 0 Å². The maximum atomic E-state index is 12.5. The molecular formula is C25H34O3. The molecule has 0 amide bonds. The summed E-state index contributed by atoms with van der Waals surface area (Å²) in [6.07, 6.45) is 8.16. The summed E-state index contributed by atoms with van der Waals surface area (Å²) >= 11 is 0. The van der Waals surface area contributed by atoms with E-state index in [9.17, 15) is 4.79 Å². The van der Waals surface area contributed by atoms with Gasteiger partial charge in [-0.2, -0.15) is 0 Å². The minimum absolute atomic E-state index is 0.117. The molecule has 0 aliphatic heterocycles. The van der Waals surface area contributed by atoms with Crippen LogP contribution in [0, 0.1) is 0 Å². The molecule has 0 fully saturated rings. The van der Waals surface area contributed by atoms with Crippen LogP contribution in [0.25, 0.3) is 0 Å². The lowest BCUT2D eigenvalue weighted by atomic mass is 9.93. The van der Waals surface area contributed by atoms with Crippen LogP contribution in [0.15, 0.2) is 54.6 Å². The molecule has 3 nitrogen and oxygen atoms in total. The summed E-state index contributed by atoms with van der Waals surface area (Å²) in [6, 6.07) is 18.0. The molecule has 28 heavy (non-hydrogen) atoms. The fourth-order valence-electron chi connectivity index (χ4n) is 3.33. The quantitative estimate of drug-likeness (QED) is 0.287. The molecule has 0 heterocycles. The third-order valence-electron chi connectivity index (χ3n) is 4.95. The van der Waals surface area contributed by atoms with Crippen LogP contribution < -0.4 is 4.74 Å². The lowest BCUT2D eigenvalue weighted by molar-refractivity contribution is -0.145. The van der Waals surface area contributed by atoms with Crippen molar-refractivity contribution >= 4 is 5.97 Å². The van der Waals surface area contributed by atoms with Crippen molar-refractivity contribution in [1.82, 2.24) is 0 Å². The summed E-state index contributed by atoms with van der Waals surface area (Å²) in [4.78, 5) is 12.5. The standard InChI is InChI=1S/C25H34O3/c1-3-5-6-7-8-12-15-24(25(26)27-4-2)22-16-18-23(19-17-22)28-20-21-13-10-9-11-14-21/h9-11,13-14,16-19,24H,3-8,12,15,20H2,1-2H3. The Kier molecular flexibility index (Phi) is 10.2. The third kappa shape index (κ3) is 7.75. The SMILES string of the molecule is CCCCCCCCC(C(=O)OCC)c1ccc(OCc2ccccc2)cc1. The molecule has 0 bridgehead atoms. The first-order valence-corrected chi connectivity index (χ1v) is 10.7. The molecule has 0 N–H and O–H groups in total. The van der Waals surface area contributed by atoms with Crippen molar-refractivity contribution in [2.24, 2.45) is 0 Å². The van der Waals surface area contributed by atoms with Crippen molar-refractivity contribution in [1.29, 1.82) is 0 Å². The predicted octanol–water partition coefficient (Wildman–Crippen LogP) is 6.66. The summed E-state index contributed by atoms with van der Waals surface area (Å²) in [5.41, 5.74) is 2.15. The summed E-state index contributed by atoms with van der Waals surface area (Å²) in [5.74, 6) is 0.512. The molecule has 2 aromatic rings. The van der Waals surface area contributed by atoms with Crippen LogP contribution in [0.3, 0.4) is 0 Å². The summed E-state index contributed by atoms with van der Waals surface area (Å²) in [5, 5.41) is 0. The highest BCUT2D eigenvalue weighted by Gasteiger charge is 2.21. The maximum absolute atomic E-state index is 12.5. The largest absolute Gasteiger partial charge is 0.489 e. The molecule has 0 spiro atoms. The molecule has 2 aromatic carbocycles. The maximum Gasteiger partial charge on any atom is 0.313 e. The fourth-order valence-corrected chi connectivity index (χ4v) is 3.33. The average molecular weight is 383 g/mol. The summed E-state index contributed by atoms with van der Waals surface area (Å²) in [6.45, 7) is 5.05. The highest BCUT2D eigenvalue weighted by Crippen LogP contribution is 2.27. The van der Waals surface area contributed by atoms with Gasteiger partial charge in [-0.25, -0.2) is 0 Å². The molecular weight excluding hydrogens is 348 g/mol. The number of carbonyl (C=O) groups excluding carboxylic acids is 1. The highest BCUT2D eigenvalue weighted by atomic mass is 16.5. The molecule has 0 saturated carbocycles. The van der Waals surface area contributed by atoms with E-state index < -0.39 is 0 Å². The van der Waals surface area contributed by atoms with Gasteiger partial charge >= 0.3 is 5.97 Å². The van der Waals surface area contributed by atoms with Crippen LogP contribution in [-0.2, 0) is 16.1 Å². The van der Waals surface area contributed by atoms with Crippen molar-refractivity contribution in [2.75, 3.05) is 6.61 Å². The second kappa shape index (κ2) is 13.0. The minimum Gasteiger partial charge on any atom is -0.489 e. The number of rotatable bonds is 13.